The molecule has 82 valence electrons. The van der Waals surface area contributed by atoms with Gasteiger partial charge in [0.2, 0.25) is 0 Å². The fourth-order valence-electron chi connectivity index (χ4n) is 1.43. The van der Waals surface area contributed by atoms with Gasteiger partial charge in [-0.25, -0.2) is 8.78 Å². The van der Waals surface area contributed by atoms with Gasteiger partial charge in [0, 0.05) is 12.3 Å². The van der Waals surface area contributed by atoms with Crippen LogP contribution in [0.2, 0.25) is 0 Å². The first-order valence-electron chi connectivity index (χ1n) is 4.76. The Morgan fingerprint density at radius 3 is 2.56 bits per heavy atom. The van der Waals surface area contributed by atoms with Crippen LogP contribution in [0.5, 0.6) is 0 Å². The lowest BCUT2D eigenvalue weighted by atomic mass is 10.2. The van der Waals surface area contributed by atoms with E-state index < -0.39 is 11.6 Å². The fourth-order valence-corrected chi connectivity index (χ4v) is 1.43. The average molecular weight is 221 g/mol. The summed E-state index contributed by atoms with van der Waals surface area (Å²) in [7, 11) is 0. The van der Waals surface area contributed by atoms with Gasteiger partial charge in [-0.1, -0.05) is 12.1 Å². The first-order valence-corrected chi connectivity index (χ1v) is 4.76. The number of halogens is 2. The summed E-state index contributed by atoms with van der Waals surface area (Å²) in [6, 6.07) is 8.36. The van der Waals surface area contributed by atoms with Crippen LogP contribution in [-0.2, 0) is 6.54 Å². The van der Waals surface area contributed by atoms with Crippen molar-refractivity contribution in [3.8, 4) is 0 Å². The summed E-state index contributed by atoms with van der Waals surface area (Å²) in [5, 5.41) is 0. The second-order valence-corrected chi connectivity index (χ2v) is 3.42. The molecule has 1 heterocycles. The molecule has 0 saturated carbocycles. The third kappa shape index (κ3) is 2.16. The Hall–Kier alpha value is -1.97. The van der Waals surface area contributed by atoms with E-state index in [2.05, 4.69) is 0 Å². The van der Waals surface area contributed by atoms with E-state index in [1.54, 1.807) is 18.3 Å². The number of benzene rings is 1. The predicted octanol–water partition coefficient (Wildman–Crippen LogP) is 2.17. The minimum Gasteiger partial charge on any atom is -0.311 e. The number of pyridine rings is 1. The van der Waals surface area contributed by atoms with Crippen LogP contribution in [-0.4, -0.2) is 4.57 Å². The van der Waals surface area contributed by atoms with Crippen LogP contribution in [0, 0.1) is 11.6 Å². The lowest BCUT2D eigenvalue weighted by molar-refractivity contribution is 0.506. The Kier molecular flexibility index (Phi) is 2.81. The minimum atomic E-state index is -0.901. The number of nitrogens with zero attached hydrogens (tertiary/aromatic N) is 1. The Labute approximate surface area is 90.8 Å². The fraction of sp³-hybridized carbons (Fsp3) is 0.0833. The zero-order valence-corrected chi connectivity index (χ0v) is 8.36. The maximum absolute atomic E-state index is 12.9. The molecule has 0 amide bonds. The molecule has 0 radical (unpaired) electrons. The molecule has 2 aromatic rings. The maximum Gasteiger partial charge on any atom is 0.250 e. The number of rotatable bonds is 2. The van der Waals surface area contributed by atoms with E-state index in [9.17, 15) is 13.6 Å². The second kappa shape index (κ2) is 4.26. The van der Waals surface area contributed by atoms with Crippen molar-refractivity contribution in [1.82, 2.24) is 4.57 Å². The number of hydrogen-bond acceptors (Lipinski definition) is 1. The van der Waals surface area contributed by atoms with Gasteiger partial charge in [-0.2, -0.15) is 0 Å². The minimum absolute atomic E-state index is 0.174. The van der Waals surface area contributed by atoms with Crippen molar-refractivity contribution < 1.29 is 8.78 Å². The first kappa shape index (κ1) is 10.5. The lowest BCUT2D eigenvalue weighted by Crippen LogP contribution is -2.18. The molecule has 2 rings (SSSR count). The number of aromatic nitrogens is 1. The largest absolute Gasteiger partial charge is 0.311 e. The molecule has 0 aliphatic rings. The van der Waals surface area contributed by atoms with Crippen molar-refractivity contribution in [1.29, 1.82) is 0 Å². The molecule has 0 unspecified atom stereocenters. The van der Waals surface area contributed by atoms with Gasteiger partial charge in [-0.05, 0) is 23.8 Å². The zero-order valence-electron chi connectivity index (χ0n) is 8.36. The van der Waals surface area contributed by atoms with Gasteiger partial charge in [0.25, 0.3) is 5.56 Å². The maximum atomic E-state index is 12.9. The van der Waals surface area contributed by atoms with Crippen molar-refractivity contribution in [2.24, 2.45) is 0 Å². The van der Waals surface area contributed by atoms with Crippen LogP contribution in [0.3, 0.4) is 0 Å². The summed E-state index contributed by atoms with van der Waals surface area (Å²) in [4.78, 5) is 11.4. The van der Waals surface area contributed by atoms with Crippen LogP contribution in [0.25, 0.3) is 0 Å². The predicted molar refractivity (Wildman–Crippen MR) is 56.2 cm³/mol. The van der Waals surface area contributed by atoms with Crippen LogP contribution in [0.15, 0.2) is 47.4 Å². The van der Waals surface area contributed by atoms with Crippen molar-refractivity contribution in [2.75, 3.05) is 0 Å². The molecule has 0 aliphatic carbocycles. The highest BCUT2D eigenvalue weighted by Crippen LogP contribution is 2.09. The molecule has 0 fully saturated rings. The second-order valence-electron chi connectivity index (χ2n) is 3.42. The van der Waals surface area contributed by atoms with E-state index in [1.807, 2.05) is 0 Å². The standard InChI is InChI=1S/C12H9F2NO/c13-10-5-4-9(7-11(10)14)8-15-6-2-1-3-12(15)16/h1-7H,8H2. The monoisotopic (exact) mass is 221 g/mol. The molecule has 2 nitrogen and oxygen atoms in total. The van der Waals surface area contributed by atoms with Gasteiger partial charge in [0.1, 0.15) is 0 Å². The van der Waals surface area contributed by atoms with Gasteiger partial charge < -0.3 is 4.57 Å². The van der Waals surface area contributed by atoms with Crippen LogP contribution in [0.4, 0.5) is 8.78 Å². The average Bonchev–Trinajstić information content (AvgIpc) is 2.27. The van der Waals surface area contributed by atoms with E-state index in [-0.39, 0.29) is 12.1 Å². The van der Waals surface area contributed by atoms with E-state index >= 15 is 0 Å². The molecular formula is C12H9F2NO. The molecule has 0 atom stereocenters. The van der Waals surface area contributed by atoms with E-state index in [0.717, 1.165) is 12.1 Å². The highest BCUT2D eigenvalue weighted by atomic mass is 19.2. The molecule has 16 heavy (non-hydrogen) atoms. The Morgan fingerprint density at radius 2 is 1.88 bits per heavy atom. The van der Waals surface area contributed by atoms with Gasteiger partial charge in [0.05, 0.1) is 6.54 Å². The summed E-state index contributed by atoms with van der Waals surface area (Å²) in [6.07, 6.45) is 1.60. The smallest absolute Gasteiger partial charge is 0.250 e. The molecule has 0 saturated heterocycles. The highest BCUT2D eigenvalue weighted by molar-refractivity contribution is 5.18. The summed E-state index contributed by atoms with van der Waals surface area (Å²) in [5.74, 6) is -1.79. The molecule has 1 aromatic carbocycles. The summed E-state index contributed by atoms with van der Waals surface area (Å²) >= 11 is 0. The van der Waals surface area contributed by atoms with Crippen LogP contribution in [0.1, 0.15) is 5.56 Å². The summed E-state index contributed by atoms with van der Waals surface area (Å²) in [6.45, 7) is 0.233. The van der Waals surface area contributed by atoms with Crippen molar-refractivity contribution >= 4 is 0 Å². The topological polar surface area (TPSA) is 22.0 Å². The molecule has 0 aliphatic heterocycles. The third-order valence-electron chi connectivity index (χ3n) is 2.24. The molecule has 4 heteroatoms. The normalized spacial score (nSPS) is 10.4. The third-order valence-corrected chi connectivity index (χ3v) is 2.24. The summed E-state index contributed by atoms with van der Waals surface area (Å²) < 4.78 is 27.0. The van der Waals surface area contributed by atoms with Crippen LogP contribution >= 0.6 is 0 Å². The quantitative estimate of drug-likeness (QED) is 0.761. The van der Waals surface area contributed by atoms with E-state index in [0.29, 0.717) is 5.56 Å². The van der Waals surface area contributed by atoms with Crippen molar-refractivity contribution in [3.05, 3.63) is 70.1 Å². The number of hydrogen-bond donors (Lipinski definition) is 0. The molecular weight excluding hydrogens is 212 g/mol. The van der Waals surface area contributed by atoms with Gasteiger partial charge in [-0.3, -0.25) is 4.79 Å². The highest BCUT2D eigenvalue weighted by Gasteiger charge is 2.03. The summed E-state index contributed by atoms with van der Waals surface area (Å²) in [5.41, 5.74) is 0.374. The Morgan fingerprint density at radius 1 is 1.06 bits per heavy atom. The first-order chi connectivity index (χ1) is 7.66. The van der Waals surface area contributed by atoms with Crippen molar-refractivity contribution in [2.45, 2.75) is 6.54 Å². The lowest BCUT2D eigenvalue weighted by Gasteiger charge is -2.05. The van der Waals surface area contributed by atoms with E-state index in [1.165, 1.54) is 16.7 Å². The van der Waals surface area contributed by atoms with Gasteiger partial charge in [-0.15, -0.1) is 0 Å². The molecule has 0 bridgehead atoms. The molecule has 0 N–H and O–H groups in total. The van der Waals surface area contributed by atoms with Gasteiger partial charge in [0.15, 0.2) is 11.6 Å². The molecule has 0 spiro atoms. The van der Waals surface area contributed by atoms with E-state index in [4.69, 9.17) is 0 Å². The SMILES string of the molecule is O=c1ccccn1Cc1ccc(F)c(F)c1. The Balaban J connectivity index is 2.31. The van der Waals surface area contributed by atoms with Gasteiger partial charge >= 0.3 is 0 Å². The van der Waals surface area contributed by atoms with Crippen LogP contribution < -0.4 is 5.56 Å². The Bertz CT molecular complexity index is 563. The molecule has 1 aromatic heterocycles. The zero-order chi connectivity index (χ0) is 11.5. The van der Waals surface area contributed by atoms with Crippen molar-refractivity contribution in [3.63, 3.8) is 0 Å².